The van der Waals surface area contributed by atoms with Gasteiger partial charge in [0.1, 0.15) is 5.71 Å². The average molecular weight is 337 g/mol. The van der Waals surface area contributed by atoms with E-state index in [1.165, 1.54) is 23.9 Å². The summed E-state index contributed by atoms with van der Waals surface area (Å²) in [5.74, 6) is 0. The van der Waals surface area contributed by atoms with Gasteiger partial charge in [0.05, 0.1) is 10.6 Å². The average Bonchev–Trinajstić information content (AvgIpc) is 2.52. The topological polar surface area (TPSA) is 92.5 Å². The third kappa shape index (κ3) is 3.45. The van der Waals surface area contributed by atoms with Gasteiger partial charge in [-0.15, -0.1) is 0 Å². The fourth-order valence-electron chi connectivity index (χ4n) is 1.88. The first-order chi connectivity index (χ1) is 10.4. The van der Waals surface area contributed by atoms with E-state index in [-0.39, 0.29) is 4.90 Å². The summed E-state index contributed by atoms with van der Waals surface area (Å²) >= 11 is 1.38. The van der Waals surface area contributed by atoms with Crippen LogP contribution in [0.4, 0.5) is 0 Å². The maximum atomic E-state index is 11.5. The second kappa shape index (κ2) is 6.45. The summed E-state index contributed by atoms with van der Waals surface area (Å²) in [6, 6.07) is 6.43. The van der Waals surface area contributed by atoms with Gasteiger partial charge in [-0.05, 0) is 30.9 Å². The third-order valence-electron chi connectivity index (χ3n) is 3.04. The Morgan fingerprint density at radius 2 is 1.91 bits per heavy atom. The van der Waals surface area contributed by atoms with Crippen LogP contribution in [0.5, 0.6) is 0 Å². The van der Waals surface area contributed by atoms with E-state index >= 15 is 0 Å². The molecule has 0 saturated carbocycles. The van der Waals surface area contributed by atoms with Gasteiger partial charge in [-0.25, -0.2) is 18.4 Å². The molecule has 2 rings (SSSR count). The highest BCUT2D eigenvalue weighted by atomic mass is 32.2. The number of oxime groups is 1. The van der Waals surface area contributed by atoms with Crippen molar-refractivity contribution >= 4 is 27.3 Å². The summed E-state index contributed by atoms with van der Waals surface area (Å²) in [5.41, 5.74) is 2.29. The van der Waals surface area contributed by atoms with Crippen LogP contribution in [0.2, 0.25) is 0 Å². The summed E-state index contributed by atoms with van der Waals surface area (Å²) in [5, 5.41) is 12.8. The summed E-state index contributed by atoms with van der Waals surface area (Å²) in [4.78, 5) is 8.81. The molecule has 0 saturated heterocycles. The normalized spacial score (nSPS) is 12.4. The lowest BCUT2D eigenvalue weighted by Gasteiger charge is -2.09. The number of aromatic nitrogens is 2. The zero-order chi connectivity index (χ0) is 16.3. The highest BCUT2D eigenvalue weighted by Crippen LogP contribution is 2.25. The first-order valence-corrected chi connectivity index (χ1v) is 9.39. The SMILES string of the molecule is CSc1ncc(-c2ccc(S(C)(=O)=O)cc2)c(/C(C)=N/O)n1. The molecule has 1 heterocycles. The van der Waals surface area contributed by atoms with Crippen molar-refractivity contribution in [2.75, 3.05) is 12.5 Å². The van der Waals surface area contributed by atoms with Crippen LogP contribution in [-0.2, 0) is 9.84 Å². The number of hydrogen-bond donors (Lipinski definition) is 1. The second-order valence-corrected chi connectivity index (χ2v) is 7.39. The minimum atomic E-state index is -3.24. The Labute approximate surface area is 133 Å². The molecule has 0 aliphatic carbocycles. The standard InChI is InChI=1S/C14H15N3O3S2/c1-9(17-18)13-12(8-15-14(16-13)21-2)10-4-6-11(7-5-10)22(3,19)20/h4-8,18H,1-3H3/b17-9+. The van der Waals surface area contributed by atoms with Gasteiger partial charge in [0.25, 0.3) is 0 Å². The Bertz CT molecular complexity index is 816. The monoisotopic (exact) mass is 337 g/mol. The fraction of sp³-hybridized carbons (Fsp3) is 0.214. The van der Waals surface area contributed by atoms with E-state index in [0.717, 1.165) is 11.8 Å². The van der Waals surface area contributed by atoms with Gasteiger partial charge in [0.2, 0.25) is 0 Å². The number of nitrogens with zero attached hydrogens (tertiary/aromatic N) is 3. The summed E-state index contributed by atoms with van der Waals surface area (Å²) in [6.45, 7) is 1.64. The van der Waals surface area contributed by atoms with E-state index in [9.17, 15) is 8.42 Å². The van der Waals surface area contributed by atoms with E-state index in [0.29, 0.717) is 22.1 Å². The molecule has 0 spiro atoms. The lowest BCUT2D eigenvalue weighted by molar-refractivity contribution is 0.319. The van der Waals surface area contributed by atoms with Crippen molar-refractivity contribution in [3.05, 3.63) is 36.2 Å². The molecule has 0 atom stereocenters. The molecule has 6 nitrogen and oxygen atoms in total. The van der Waals surface area contributed by atoms with E-state index < -0.39 is 9.84 Å². The van der Waals surface area contributed by atoms with Crippen LogP contribution in [0, 0.1) is 0 Å². The van der Waals surface area contributed by atoms with Gasteiger partial charge in [0.15, 0.2) is 15.0 Å². The minimum absolute atomic E-state index is 0.243. The van der Waals surface area contributed by atoms with Gasteiger partial charge in [-0.2, -0.15) is 0 Å². The Morgan fingerprint density at radius 1 is 1.27 bits per heavy atom. The first kappa shape index (κ1) is 16.4. The van der Waals surface area contributed by atoms with Crippen molar-refractivity contribution in [2.45, 2.75) is 17.0 Å². The molecule has 0 amide bonds. The molecule has 0 aliphatic rings. The predicted molar refractivity (Wildman–Crippen MR) is 86.4 cm³/mol. The smallest absolute Gasteiger partial charge is 0.187 e. The Kier molecular flexibility index (Phi) is 4.82. The number of hydrogen-bond acceptors (Lipinski definition) is 7. The summed E-state index contributed by atoms with van der Waals surface area (Å²) in [7, 11) is -3.24. The van der Waals surface area contributed by atoms with Crippen LogP contribution in [0.25, 0.3) is 11.1 Å². The molecule has 0 unspecified atom stereocenters. The van der Waals surface area contributed by atoms with E-state index in [1.807, 2.05) is 6.26 Å². The predicted octanol–water partition coefficient (Wildman–Crippen LogP) is 2.47. The molecule has 0 radical (unpaired) electrons. The number of rotatable bonds is 4. The van der Waals surface area contributed by atoms with Crippen LogP contribution in [0.1, 0.15) is 12.6 Å². The quantitative estimate of drug-likeness (QED) is 0.303. The molecule has 8 heteroatoms. The van der Waals surface area contributed by atoms with Gasteiger partial charge in [0, 0.05) is 18.0 Å². The molecule has 116 valence electrons. The van der Waals surface area contributed by atoms with Gasteiger partial charge in [-0.3, -0.25) is 0 Å². The van der Waals surface area contributed by atoms with Crippen molar-refractivity contribution in [2.24, 2.45) is 5.16 Å². The number of benzene rings is 1. The molecular weight excluding hydrogens is 322 g/mol. The number of thioether (sulfide) groups is 1. The number of sulfone groups is 1. The Hall–Kier alpha value is -1.93. The summed E-state index contributed by atoms with van der Waals surface area (Å²) < 4.78 is 23.0. The zero-order valence-electron chi connectivity index (χ0n) is 12.3. The molecule has 0 bridgehead atoms. The molecule has 0 aliphatic heterocycles. The first-order valence-electron chi connectivity index (χ1n) is 6.27. The van der Waals surface area contributed by atoms with Crippen molar-refractivity contribution < 1.29 is 13.6 Å². The van der Waals surface area contributed by atoms with Crippen LogP contribution in [0.15, 0.2) is 45.7 Å². The van der Waals surface area contributed by atoms with Crippen LogP contribution >= 0.6 is 11.8 Å². The molecule has 1 aromatic carbocycles. The lowest BCUT2D eigenvalue weighted by Crippen LogP contribution is -2.04. The van der Waals surface area contributed by atoms with Crippen LogP contribution in [0.3, 0.4) is 0 Å². The molecule has 22 heavy (non-hydrogen) atoms. The Balaban J connectivity index is 2.57. The van der Waals surface area contributed by atoms with E-state index in [2.05, 4.69) is 15.1 Å². The maximum absolute atomic E-state index is 11.5. The van der Waals surface area contributed by atoms with Crippen molar-refractivity contribution in [1.82, 2.24) is 9.97 Å². The van der Waals surface area contributed by atoms with Gasteiger partial charge < -0.3 is 5.21 Å². The lowest BCUT2D eigenvalue weighted by atomic mass is 10.0. The molecule has 0 fully saturated rings. The van der Waals surface area contributed by atoms with Crippen LogP contribution in [-0.4, -0.2) is 41.8 Å². The highest BCUT2D eigenvalue weighted by Gasteiger charge is 2.14. The van der Waals surface area contributed by atoms with Gasteiger partial charge in [-0.1, -0.05) is 29.1 Å². The Morgan fingerprint density at radius 3 is 2.41 bits per heavy atom. The largest absolute Gasteiger partial charge is 0.411 e. The van der Waals surface area contributed by atoms with Crippen LogP contribution < -0.4 is 0 Å². The molecular formula is C14H15N3O3S2. The van der Waals surface area contributed by atoms with E-state index in [4.69, 9.17) is 5.21 Å². The van der Waals surface area contributed by atoms with Crippen molar-refractivity contribution in [3.63, 3.8) is 0 Å². The molecule has 2 aromatic rings. The third-order valence-corrected chi connectivity index (χ3v) is 4.73. The minimum Gasteiger partial charge on any atom is -0.411 e. The van der Waals surface area contributed by atoms with Gasteiger partial charge >= 0.3 is 0 Å². The second-order valence-electron chi connectivity index (χ2n) is 4.60. The fourth-order valence-corrected chi connectivity index (χ4v) is 2.85. The van der Waals surface area contributed by atoms with Crippen molar-refractivity contribution in [3.8, 4) is 11.1 Å². The maximum Gasteiger partial charge on any atom is 0.187 e. The highest BCUT2D eigenvalue weighted by molar-refractivity contribution is 7.98. The van der Waals surface area contributed by atoms with E-state index in [1.54, 1.807) is 25.3 Å². The van der Waals surface area contributed by atoms with Crippen molar-refractivity contribution in [1.29, 1.82) is 0 Å². The molecule has 1 aromatic heterocycles. The zero-order valence-corrected chi connectivity index (χ0v) is 13.9. The molecule has 1 N–H and O–H groups in total. The summed E-state index contributed by atoms with van der Waals surface area (Å²) in [6.07, 6.45) is 4.65.